The van der Waals surface area contributed by atoms with Gasteiger partial charge in [-0.2, -0.15) is 0 Å². The Morgan fingerprint density at radius 1 is 1.15 bits per heavy atom. The van der Waals surface area contributed by atoms with E-state index in [1.165, 1.54) is 6.42 Å². The number of anilines is 1. The van der Waals surface area contributed by atoms with Crippen molar-refractivity contribution in [3.63, 3.8) is 0 Å². The van der Waals surface area contributed by atoms with Crippen molar-refractivity contribution in [2.24, 2.45) is 0 Å². The Balaban J connectivity index is 2.08. The lowest BCUT2D eigenvalue weighted by Crippen LogP contribution is -2.47. The highest BCUT2D eigenvalue weighted by Crippen LogP contribution is 2.25. The first kappa shape index (κ1) is 15.3. The number of rotatable bonds is 6. The minimum absolute atomic E-state index is 0.0932. The number of hydrogen-bond acceptors (Lipinski definition) is 3. The van der Waals surface area contributed by atoms with Gasteiger partial charge in [0, 0.05) is 32.7 Å². The van der Waals surface area contributed by atoms with E-state index in [1.807, 2.05) is 6.07 Å². The molecular weight excluding hydrogens is 253 g/mol. The molecule has 1 aliphatic heterocycles. The van der Waals surface area contributed by atoms with Crippen LogP contribution in [0.2, 0.25) is 0 Å². The van der Waals surface area contributed by atoms with Crippen LogP contribution < -0.4 is 10.2 Å². The van der Waals surface area contributed by atoms with Gasteiger partial charge in [-0.3, -0.25) is 4.90 Å². The highest BCUT2D eigenvalue weighted by molar-refractivity contribution is 5.55. The monoisotopic (exact) mass is 279 g/mol. The van der Waals surface area contributed by atoms with Crippen LogP contribution in [-0.2, 0) is 6.54 Å². The summed E-state index contributed by atoms with van der Waals surface area (Å²) in [6.45, 7) is 11.0. The van der Waals surface area contributed by atoms with Gasteiger partial charge < -0.3 is 10.2 Å². The molecule has 1 aromatic carbocycles. The van der Waals surface area contributed by atoms with Crippen molar-refractivity contribution in [2.45, 2.75) is 26.8 Å². The number of benzene rings is 1. The third-order valence-electron chi connectivity index (χ3n) is 3.86. The van der Waals surface area contributed by atoms with Crippen LogP contribution in [0.4, 0.5) is 10.1 Å². The summed E-state index contributed by atoms with van der Waals surface area (Å²) in [5.74, 6) is -0.0932. The van der Waals surface area contributed by atoms with E-state index in [9.17, 15) is 4.39 Å². The maximum Gasteiger partial charge on any atom is 0.146 e. The Labute approximate surface area is 121 Å². The molecule has 0 spiro atoms. The molecule has 3 nitrogen and oxygen atoms in total. The van der Waals surface area contributed by atoms with E-state index in [4.69, 9.17) is 0 Å². The standard InChI is InChI=1S/C16H26FN3/c1-3-8-19-9-11-20(12-10-19)16-14(13-18-4-2)6-5-7-15(16)17/h5-7,18H,3-4,8-13H2,1-2H3. The molecule has 1 aromatic rings. The van der Waals surface area contributed by atoms with Gasteiger partial charge in [-0.25, -0.2) is 4.39 Å². The summed E-state index contributed by atoms with van der Waals surface area (Å²) in [7, 11) is 0. The van der Waals surface area contributed by atoms with Gasteiger partial charge >= 0.3 is 0 Å². The lowest BCUT2D eigenvalue weighted by atomic mass is 10.1. The highest BCUT2D eigenvalue weighted by Gasteiger charge is 2.21. The van der Waals surface area contributed by atoms with Gasteiger partial charge in [0.2, 0.25) is 0 Å². The zero-order valence-corrected chi connectivity index (χ0v) is 12.7. The molecule has 1 fully saturated rings. The molecule has 0 aromatic heterocycles. The van der Waals surface area contributed by atoms with Crippen molar-refractivity contribution in [1.82, 2.24) is 10.2 Å². The fraction of sp³-hybridized carbons (Fsp3) is 0.625. The predicted molar refractivity (Wildman–Crippen MR) is 82.7 cm³/mol. The van der Waals surface area contributed by atoms with Gasteiger partial charge in [-0.1, -0.05) is 26.0 Å². The smallest absolute Gasteiger partial charge is 0.146 e. The van der Waals surface area contributed by atoms with E-state index in [1.54, 1.807) is 12.1 Å². The molecule has 0 amide bonds. The molecule has 0 saturated carbocycles. The summed E-state index contributed by atoms with van der Waals surface area (Å²) >= 11 is 0. The van der Waals surface area contributed by atoms with E-state index in [-0.39, 0.29) is 5.82 Å². The first-order valence-corrected chi connectivity index (χ1v) is 7.71. The molecule has 0 unspecified atom stereocenters. The van der Waals surface area contributed by atoms with Crippen molar-refractivity contribution < 1.29 is 4.39 Å². The SMILES string of the molecule is CCCN1CCN(c2c(F)cccc2CNCC)CC1. The van der Waals surface area contributed by atoms with Gasteiger partial charge in [0.15, 0.2) is 0 Å². The minimum atomic E-state index is -0.0932. The first-order valence-electron chi connectivity index (χ1n) is 7.71. The summed E-state index contributed by atoms with van der Waals surface area (Å²) in [5, 5.41) is 3.30. The number of nitrogens with zero attached hydrogens (tertiary/aromatic N) is 2. The fourth-order valence-corrected chi connectivity index (χ4v) is 2.83. The molecule has 1 heterocycles. The molecule has 0 atom stereocenters. The molecule has 0 bridgehead atoms. The van der Waals surface area contributed by atoms with E-state index in [2.05, 4.69) is 29.0 Å². The third kappa shape index (κ3) is 3.70. The molecule has 1 saturated heterocycles. The molecule has 0 aliphatic carbocycles. The molecule has 0 radical (unpaired) electrons. The molecular formula is C16H26FN3. The Hall–Kier alpha value is -1.13. The molecule has 20 heavy (non-hydrogen) atoms. The van der Waals surface area contributed by atoms with E-state index in [0.29, 0.717) is 0 Å². The molecule has 4 heteroatoms. The topological polar surface area (TPSA) is 18.5 Å². The van der Waals surface area contributed by atoms with Gasteiger partial charge in [0.1, 0.15) is 5.82 Å². The minimum Gasteiger partial charge on any atom is -0.366 e. The zero-order chi connectivity index (χ0) is 14.4. The van der Waals surface area contributed by atoms with Gasteiger partial charge in [-0.05, 0) is 31.1 Å². The van der Waals surface area contributed by atoms with E-state index >= 15 is 0 Å². The van der Waals surface area contributed by atoms with Crippen LogP contribution in [0.3, 0.4) is 0 Å². The Morgan fingerprint density at radius 3 is 2.55 bits per heavy atom. The second-order valence-corrected chi connectivity index (χ2v) is 5.36. The van der Waals surface area contributed by atoms with Crippen LogP contribution in [0, 0.1) is 5.82 Å². The summed E-state index contributed by atoms with van der Waals surface area (Å²) in [4.78, 5) is 4.66. The number of hydrogen-bond donors (Lipinski definition) is 1. The quantitative estimate of drug-likeness (QED) is 0.863. The van der Waals surface area contributed by atoms with Crippen LogP contribution in [0.25, 0.3) is 0 Å². The molecule has 112 valence electrons. The third-order valence-corrected chi connectivity index (χ3v) is 3.86. The second kappa shape index (κ2) is 7.60. The summed E-state index contributed by atoms with van der Waals surface area (Å²) in [5.41, 5.74) is 1.86. The molecule has 2 rings (SSSR count). The van der Waals surface area contributed by atoms with Crippen molar-refractivity contribution >= 4 is 5.69 Å². The second-order valence-electron chi connectivity index (χ2n) is 5.36. The van der Waals surface area contributed by atoms with E-state index < -0.39 is 0 Å². The molecule has 1 N–H and O–H groups in total. The summed E-state index contributed by atoms with van der Waals surface area (Å²) in [6.07, 6.45) is 1.19. The Morgan fingerprint density at radius 2 is 1.90 bits per heavy atom. The number of para-hydroxylation sites is 1. The van der Waals surface area contributed by atoms with Crippen LogP contribution in [-0.4, -0.2) is 44.2 Å². The summed E-state index contributed by atoms with van der Waals surface area (Å²) < 4.78 is 14.2. The average molecular weight is 279 g/mol. The van der Waals surface area contributed by atoms with Gasteiger partial charge in [0.05, 0.1) is 5.69 Å². The largest absolute Gasteiger partial charge is 0.366 e. The lowest BCUT2D eigenvalue weighted by molar-refractivity contribution is 0.257. The number of halogens is 1. The molecule has 1 aliphatic rings. The van der Waals surface area contributed by atoms with Crippen molar-refractivity contribution in [2.75, 3.05) is 44.2 Å². The zero-order valence-electron chi connectivity index (χ0n) is 12.7. The van der Waals surface area contributed by atoms with Gasteiger partial charge in [-0.15, -0.1) is 0 Å². The number of piperazine rings is 1. The van der Waals surface area contributed by atoms with Crippen molar-refractivity contribution in [3.05, 3.63) is 29.6 Å². The van der Waals surface area contributed by atoms with Crippen molar-refractivity contribution in [3.8, 4) is 0 Å². The van der Waals surface area contributed by atoms with Crippen LogP contribution >= 0.6 is 0 Å². The predicted octanol–water partition coefficient (Wildman–Crippen LogP) is 2.47. The van der Waals surface area contributed by atoms with Gasteiger partial charge in [0.25, 0.3) is 0 Å². The van der Waals surface area contributed by atoms with Crippen LogP contribution in [0.15, 0.2) is 18.2 Å². The van der Waals surface area contributed by atoms with E-state index in [0.717, 1.165) is 57.1 Å². The maximum absolute atomic E-state index is 14.2. The summed E-state index contributed by atoms with van der Waals surface area (Å²) in [6, 6.07) is 5.40. The highest BCUT2D eigenvalue weighted by atomic mass is 19.1. The Bertz CT molecular complexity index is 414. The maximum atomic E-state index is 14.2. The lowest BCUT2D eigenvalue weighted by Gasteiger charge is -2.37. The normalized spacial score (nSPS) is 16.6. The van der Waals surface area contributed by atoms with Crippen molar-refractivity contribution in [1.29, 1.82) is 0 Å². The van der Waals surface area contributed by atoms with Crippen LogP contribution in [0.1, 0.15) is 25.8 Å². The number of nitrogens with one attached hydrogen (secondary N) is 1. The fourth-order valence-electron chi connectivity index (χ4n) is 2.83. The Kier molecular flexibility index (Phi) is 5.80. The first-order chi connectivity index (χ1) is 9.76. The average Bonchev–Trinajstić information content (AvgIpc) is 2.47. The van der Waals surface area contributed by atoms with Crippen LogP contribution in [0.5, 0.6) is 0 Å².